The Morgan fingerprint density at radius 2 is 2.07 bits per heavy atom. The van der Waals surface area contributed by atoms with Crippen molar-refractivity contribution in [1.82, 2.24) is 0 Å². The minimum Gasteiger partial charge on any atom is -0.393 e. The zero-order chi connectivity index (χ0) is 9.80. The quantitative estimate of drug-likeness (QED) is 0.773. The zero-order valence-corrected chi connectivity index (χ0v) is 8.23. The molecule has 1 aliphatic rings. The molecule has 1 N–H and O–H groups in total. The van der Waals surface area contributed by atoms with Crippen LogP contribution in [0.2, 0.25) is 0 Å². The third kappa shape index (κ3) is 2.56. The fourth-order valence-corrected chi connectivity index (χ4v) is 1.88. The largest absolute Gasteiger partial charge is 0.393 e. The maximum Gasteiger partial charge on any atom is 0.0640 e. The maximum atomic E-state index is 9.48. The van der Waals surface area contributed by atoms with Gasteiger partial charge in [-0.15, -0.1) is 0 Å². The average molecular weight is 192 g/mol. The Balaban J connectivity index is 1.91. The molecule has 1 aliphatic heterocycles. The van der Waals surface area contributed by atoms with Gasteiger partial charge in [0.1, 0.15) is 0 Å². The summed E-state index contributed by atoms with van der Waals surface area (Å²) in [6.45, 7) is 0.693. The Labute approximate surface area is 84.5 Å². The van der Waals surface area contributed by atoms with Crippen molar-refractivity contribution in [1.29, 1.82) is 0 Å². The predicted molar refractivity (Wildman–Crippen MR) is 55.1 cm³/mol. The Morgan fingerprint density at radius 3 is 2.79 bits per heavy atom. The van der Waals surface area contributed by atoms with Crippen molar-refractivity contribution in [3.63, 3.8) is 0 Å². The molecular formula is C12H16O2. The molecule has 76 valence electrons. The molecule has 2 nitrogen and oxygen atoms in total. The van der Waals surface area contributed by atoms with E-state index in [1.165, 1.54) is 5.56 Å². The topological polar surface area (TPSA) is 29.5 Å². The van der Waals surface area contributed by atoms with E-state index >= 15 is 0 Å². The number of hydrogen-bond donors (Lipinski definition) is 1. The SMILES string of the molecule is OC1CCOC(Cc2ccccc2)C1. The van der Waals surface area contributed by atoms with E-state index in [0.29, 0.717) is 6.61 Å². The monoisotopic (exact) mass is 192 g/mol. The molecule has 0 radical (unpaired) electrons. The van der Waals surface area contributed by atoms with E-state index in [1.807, 2.05) is 18.2 Å². The van der Waals surface area contributed by atoms with Crippen molar-refractivity contribution >= 4 is 0 Å². The molecule has 1 fully saturated rings. The van der Waals surface area contributed by atoms with Gasteiger partial charge in [-0.25, -0.2) is 0 Å². The molecule has 14 heavy (non-hydrogen) atoms. The van der Waals surface area contributed by atoms with Crippen LogP contribution in [0.5, 0.6) is 0 Å². The number of aliphatic hydroxyl groups is 1. The standard InChI is InChI=1S/C12H16O2/c13-11-6-7-14-12(9-11)8-10-4-2-1-3-5-10/h1-5,11-13H,6-9H2. The molecule has 1 saturated heterocycles. The summed E-state index contributed by atoms with van der Waals surface area (Å²) in [5.41, 5.74) is 1.28. The van der Waals surface area contributed by atoms with Crippen molar-refractivity contribution in [2.45, 2.75) is 31.5 Å². The summed E-state index contributed by atoms with van der Waals surface area (Å²) in [5.74, 6) is 0. The first-order chi connectivity index (χ1) is 6.84. The molecule has 1 aromatic rings. The summed E-state index contributed by atoms with van der Waals surface area (Å²) in [6, 6.07) is 10.3. The molecule has 0 bridgehead atoms. The number of hydrogen-bond acceptors (Lipinski definition) is 2. The molecule has 1 heterocycles. The Morgan fingerprint density at radius 1 is 1.29 bits per heavy atom. The second-order valence-corrected chi connectivity index (χ2v) is 3.86. The normalized spacial score (nSPS) is 27.5. The van der Waals surface area contributed by atoms with Crippen LogP contribution in [0.3, 0.4) is 0 Å². The van der Waals surface area contributed by atoms with E-state index in [4.69, 9.17) is 4.74 Å². The van der Waals surface area contributed by atoms with Crippen molar-refractivity contribution in [3.8, 4) is 0 Å². The highest BCUT2D eigenvalue weighted by Gasteiger charge is 2.20. The summed E-state index contributed by atoms with van der Waals surface area (Å²) in [5, 5.41) is 9.48. The second-order valence-electron chi connectivity index (χ2n) is 3.86. The predicted octanol–water partition coefficient (Wildman–Crippen LogP) is 1.77. The zero-order valence-electron chi connectivity index (χ0n) is 8.23. The van der Waals surface area contributed by atoms with Gasteiger partial charge in [0.05, 0.1) is 12.2 Å². The summed E-state index contributed by atoms with van der Waals surface area (Å²) >= 11 is 0. The molecule has 2 rings (SSSR count). The minimum absolute atomic E-state index is 0.169. The van der Waals surface area contributed by atoms with Gasteiger partial charge in [0.25, 0.3) is 0 Å². The molecular weight excluding hydrogens is 176 g/mol. The van der Waals surface area contributed by atoms with E-state index in [0.717, 1.165) is 19.3 Å². The first-order valence-corrected chi connectivity index (χ1v) is 5.18. The lowest BCUT2D eigenvalue weighted by Gasteiger charge is -2.26. The Kier molecular flexibility index (Phi) is 3.17. The van der Waals surface area contributed by atoms with Crippen LogP contribution in [-0.4, -0.2) is 23.9 Å². The Bertz CT molecular complexity index is 271. The maximum absolute atomic E-state index is 9.48. The van der Waals surface area contributed by atoms with Crippen LogP contribution in [0.15, 0.2) is 30.3 Å². The van der Waals surface area contributed by atoms with Gasteiger partial charge in [-0.1, -0.05) is 30.3 Å². The molecule has 2 heteroatoms. The number of ether oxygens (including phenoxy) is 1. The molecule has 0 spiro atoms. The summed E-state index contributed by atoms with van der Waals surface area (Å²) in [7, 11) is 0. The van der Waals surface area contributed by atoms with Gasteiger partial charge in [0.15, 0.2) is 0 Å². The molecule has 2 unspecified atom stereocenters. The summed E-state index contributed by atoms with van der Waals surface area (Å²) in [6.07, 6.45) is 2.50. The highest BCUT2D eigenvalue weighted by molar-refractivity contribution is 5.15. The average Bonchev–Trinajstić information content (AvgIpc) is 2.19. The fourth-order valence-electron chi connectivity index (χ4n) is 1.88. The number of rotatable bonds is 2. The fraction of sp³-hybridized carbons (Fsp3) is 0.500. The minimum atomic E-state index is -0.169. The van der Waals surface area contributed by atoms with Crippen LogP contribution in [0.4, 0.5) is 0 Å². The van der Waals surface area contributed by atoms with Gasteiger partial charge in [-0.05, 0) is 24.8 Å². The van der Waals surface area contributed by atoms with E-state index in [1.54, 1.807) is 0 Å². The van der Waals surface area contributed by atoms with Crippen molar-refractivity contribution in [2.75, 3.05) is 6.61 Å². The van der Waals surface area contributed by atoms with Crippen LogP contribution in [0.25, 0.3) is 0 Å². The highest BCUT2D eigenvalue weighted by Crippen LogP contribution is 2.17. The number of benzene rings is 1. The Hall–Kier alpha value is -0.860. The molecule has 0 amide bonds. The second kappa shape index (κ2) is 4.58. The van der Waals surface area contributed by atoms with E-state index in [9.17, 15) is 5.11 Å². The number of aliphatic hydroxyl groups excluding tert-OH is 1. The third-order valence-electron chi connectivity index (χ3n) is 2.65. The lowest BCUT2D eigenvalue weighted by atomic mass is 10.00. The van der Waals surface area contributed by atoms with Gasteiger partial charge in [-0.3, -0.25) is 0 Å². The first-order valence-electron chi connectivity index (χ1n) is 5.18. The van der Waals surface area contributed by atoms with Gasteiger partial charge < -0.3 is 9.84 Å². The summed E-state index contributed by atoms with van der Waals surface area (Å²) in [4.78, 5) is 0. The molecule has 0 aliphatic carbocycles. The van der Waals surface area contributed by atoms with Crippen LogP contribution in [-0.2, 0) is 11.2 Å². The summed E-state index contributed by atoms with van der Waals surface area (Å²) < 4.78 is 5.59. The van der Waals surface area contributed by atoms with E-state index in [-0.39, 0.29) is 12.2 Å². The van der Waals surface area contributed by atoms with Crippen molar-refractivity contribution in [3.05, 3.63) is 35.9 Å². The van der Waals surface area contributed by atoms with Crippen LogP contribution in [0.1, 0.15) is 18.4 Å². The van der Waals surface area contributed by atoms with Gasteiger partial charge in [-0.2, -0.15) is 0 Å². The van der Waals surface area contributed by atoms with Gasteiger partial charge >= 0.3 is 0 Å². The first kappa shape index (κ1) is 9.69. The molecule has 1 aromatic carbocycles. The lowest BCUT2D eigenvalue weighted by Crippen LogP contribution is -2.30. The molecule has 0 aromatic heterocycles. The van der Waals surface area contributed by atoms with E-state index < -0.39 is 0 Å². The molecule has 2 atom stereocenters. The highest BCUT2D eigenvalue weighted by atomic mass is 16.5. The van der Waals surface area contributed by atoms with Crippen LogP contribution in [0, 0.1) is 0 Å². The van der Waals surface area contributed by atoms with Crippen molar-refractivity contribution < 1.29 is 9.84 Å². The molecule has 0 saturated carbocycles. The third-order valence-corrected chi connectivity index (χ3v) is 2.65. The smallest absolute Gasteiger partial charge is 0.0640 e. The lowest BCUT2D eigenvalue weighted by molar-refractivity contribution is -0.0423. The van der Waals surface area contributed by atoms with Gasteiger partial charge in [0.2, 0.25) is 0 Å². The van der Waals surface area contributed by atoms with Crippen LogP contribution < -0.4 is 0 Å². The van der Waals surface area contributed by atoms with Crippen LogP contribution >= 0.6 is 0 Å². The van der Waals surface area contributed by atoms with Gasteiger partial charge in [0, 0.05) is 6.61 Å². The van der Waals surface area contributed by atoms with Crippen molar-refractivity contribution in [2.24, 2.45) is 0 Å². The van der Waals surface area contributed by atoms with E-state index in [2.05, 4.69) is 12.1 Å².